The number of hydrogen-bond donors (Lipinski definition) is 3. The average Bonchev–Trinajstić information content (AvgIpc) is 1.84. The minimum atomic E-state index is -0.954. The summed E-state index contributed by atoms with van der Waals surface area (Å²) in [7, 11) is 0. The Morgan fingerprint density at radius 1 is 1.00 bits per heavy atom. The van der Waals surface area contributed by atoms with Gasteiger partial charge in [0.05, 0.1) is 12.2 Å². The highest BCUT2D eigenvalue weighted by molar-refractivity contribution is 4.69. The highest BCUT2D eigenvalue weighted by Gasteiger charge is 2.20. The van der Waals surface area contributed by atoms with E-state index in [0.29, 0.717) is 0 Å². The van der Waals surface area contributed by atoms with Crippen molar-refractivity contribution in [1.29, 1.82) is 0 Å². The molecule has 4 heteroatoms. The predicted octanol–water partition coefficient (Wildman–Crippen LogP) is -0.528. The molecule has 68 valence electrons. The molecule has 0 aromatic carbocycles. The molecule has 0 aromatic heterocycles. The molecule has 0 radical (unpaired) electrons. The molecule has 4 atom stereocenters. The van der Waals surface area contributed by atoms with E-state index < -0.39 is 24.6 Å². The number of hydrogen-bond acceptors (Lipinski definition) is 4. The zero-order valence-corrected chi connectivity index (χ0v) is 7.06. The Kier molecular flexibility index (Phi) is 4.60. The van der Waals surface area contributed by atoms with Gasteiger partial charge in [-0.1, -0.05) is 0 Å². The first-order chi connectivity index (χ1) is 4.95. The van der Waals surface area contributed by atoms with Crippen molar-refractivity contribution in [3.8, 4) is 0 Å². The fourth-order valence-corrected chi connectivity index (χ4v) is 0.783. The van der Waals surface area contributed by atoms with Gasteiger partial charge in [-0.25, -0.2) is 0 Å². The fourth-order valence-electron chi connectivity index (χ4n) is 0.783. The molecule has 0 aliphatic rings. The van der Waals surface area contributed by atoms with E-state index >= 15 is 0 Å². The Bertz CT molecular complexity index is 103. The van der Waals surface area contributed by atoms with Crippen LogP contribution in [0.25, 0.3) is 0 Å². The summed E-state index contributed by atoms with van der Waals surface area (Å²) >= 11 is 0. The second kappa shape index (κ2) is 4.66. The van der Waals surface area contributed by atoms with Crippen LogP contribution >= 0.6 is 0 Å². The largest absolute Gasteiger partial charge is 0.391 e. The first kappa shape index (κ1) is 10.8. The second-order valence-electron chi connectivity index (χ2n) is 2.67. The van der Waals surface area contributed by atoms with E-state index in [1.54, 1.807) is 6.92 Å². The van der Waals surface area contributed by atoms with Crippen molar-refractivity contribution >= 4 is 0 Å². The minimum Gasteiger partial charge on any atom is -0.391 e. The number of ether oxygens (including phenoxy) is 1. The van der Waals surface area contributed by atoms with Crippen LogP contribution in [0.3, 0.4) is 0 Å². The van der Waals surface area contributed by atoms with Gasteiger partial charge in [0.1, 0.15) is 6.10 Å². The van der Waals surface area contributed by atoms with Gasteiger partial charge in [-0.2, -0.15) is 0 Å². The lowest BCUT2D eigenvalue weighted by Gasteiger charge is -2.22. The number of aliphatic hydroxyl groups excluding tert-OH is 3. The van der Waals surface area contributed by atoms with Crippen LogP contribution in [-0.2, 0) is 4.74 Å². The van der Waals surface area contributed by atoms with Crippen LogP contribution in [0.15, 0.2) is 0 Å². The van der Waals surface area contributed by atoms with Crippen LogP contribution in [0, 0.1) is 0 Å². The smallest absolute Gasteiger partial charge is 0.152 e. The topological polar surface area (TPSA) is 69.9 Å². The Morgan fingerprint density at radius 2 is 1.45 bits per heavy atom. The number of rotatable bonds is 4. The third-order valence-electron chi connectivity index (χ3n) is 1.39. The summed E-state index contributed by atoms with van der Waals surface area (Å²) in [5, 5.41) is 26.8. The van der Waals surface area contributed by atoms with Gasteiger partial charge in [0.25, 0.3) is 0 Å². The normalized spacial score (nSPS) is 22.4. The lowest BCUT2D eigenvalue weighted by molar-refractivity contribution is -0.164. The highest BCUT2D eigenvalue weighted by Crippen LogP contribution is 2.04. The van der Waals surface area contributed by atoms with Gasteiger partial charge in [0.2, 0.25) is 0 Å². The van der Waals surface area contributed by atoms with E-state index in [4.69, 9.17) is 20.1 Å². The van der Waals surface area contributed by atoms with E-state index in [1.807, 2.05) is 0 Å². The Hall–Kier alpha value is -0.160. The fraction of sp³-hybridized carbons (Fsp3) is 1.00. The monoisotopic (exact) mass is 164 g/mol. The van der Waals surface area contributed by atoms with Crippen molar-refractivity contribution in [2.45, 2.75) is 45.4 Å². The van der Waals surface area contributed by atoms with Gasteiger partial charge in [-0.3, -0.25) is 0 Å². The highest BCUT2D eigenvalue weighted by atomic mass is 16.6. The minimum absolute atomic E-state index is 0.560. The molecule has 11 heavy (non-hydrogen) atoms. The molecular formula is C7H16O4. The zero-order chi connectivity index (χ0) is 9.02. The second-order valence-corrected chi connectivity index (χ2v) is 2.67. The van der Waals surface area contributed by atoms with Gasteiger partial charge in [0.15, 0.2) is 6.29 Å². The van der Waals surface area contributed by atoms with Gasteiger partial charge in [-0.05, 0) is 20.8 Å². The third-order valence-corrected chi connectivity index (χ3v) is 1.39. The SMILES string of the molecule is CC(O)OC(C)[C@@H](O)C(C)O. The van der Waals surface area contributed by atoms with E-state index in [9.17, 15) is 0 Å². The van der Waals surface area contributed by atoms with Gasteiger partial charge in [0, 0.05) is 0 Å². The molecule has 0 spiro atoms. The Morgan fingerprint density at radius 3 is 1.73 bits per heavy atom. The predicted molar refractivity (Wildman–Crippen MR) is 39.9 cm³/mol. The summed E-state index contributed by atoms with van der Waals surface area (Å²) in [5.41, 5.74) is 0. The van der Waals surface area contributed by atoms with Gasteiger partial charge in [-0.15, -0.1) is 0 Å². The first-order valence-corrected chi connectivity index (χ1v) is 3.64. The van der Waals surface area contributed by atoms with E-state index in [1.165, 1.54) is 13.8 Å². The maximum Gasteiger partial charge on any atom is 0.152 e. The molecule has 0 saturated carbocycles. The molecule has 3 N–H and O–H groups in total. The maximum absolute atomic E-state index is 9.16. The molecule has 4 nitrogen and oxygen atoms in total. The molecular weight excluding hydrogens is 148 g/mol. The van der Waals surface area contributed by atoms with Crippen molar-refractivity contribution in [3.05, 3.63) is 0 Å². The molecule has 0 rings (SSSR count). The van der Waals surface area contributed by atoms with Crippen molar-refractivity contribution < 1.29 is 20.1 Å². The molecule has 0 aliphatic carbocycles. The van der Waals surface area contributed by atoms with Crippen LogP contribution in [0.2, 0.25) is 0 Å². The summed E-state index contributed by atoms with van der Waals surface area (Å²) in [6.45, 7) is 4.50. The summed E-state index contributed by atoms with van der Waals surface area (Å²) in [4.78, 5) is 0. The lowest BCUT2D eigenvalue weighted by atomic mass is 10.1. The van der Waals surface area contributed by atoms with Crippen LogP contribution in [0.5, 0.6) is 0 Å². The summed E-state index contributed by atoms with van der Waals surface area (Å²) in [5.74, 6) is 0. The number of aliphatic hydroxyl groups is 3. The molecule has 0 bridgehead atoms. The Labute approximate surface area is 66.4 Å². The third kappa shape index (κ3) is 4.31. The van der Waals surface area contributed by atoms with Crippen LogP contribution < -0.4 is 0 Å². The molecule has 0 amide bonds. The van der Waals surface area contributed by atoms with Crippen molar-refractivity contribution in [1.82, 2.24) is 0 Å². The Balaban J connectivity index is 3.73. The van der Waals surface area contributed by atoms with Crippen LogP contribution in [-0.4, -0.2) is 39.9 Å². The molecule has 0 aromatic rings. The molecule has 0 saturated heterocycles. The zero-order valence-electron chi connectivity index (χ0n) is 7.06. The van der Waals surface area contributed by atoms with Crippen molar-refractivity contribution in [2.24, 2.45) is 0 Å². The lowest BCUT2D eigenvalue weighted by Crippen LogP contribution is -2.37. The maximum atomic E-state index is 9.16. The van der Waals surface area contributed by atoms with Gasteiger partial charge < -0.3 is 20.1 Å². The van der Waals surface area contributed by atoms with Gasteiger partial charge >= 0.3 is 0 Å². The van der Waals surface area contributed by atoms with E-state index in [2.05, 4.69) is 0 Å². The average molecular weight is 164 g/mol. The van der Waals surface area contributed by atoms with E-state index in [0.717, 1.165) is 0 Å². The van der Waals surface area contributed by atoms with Crippen LogP contribution in [0.1, 0.15) is 20.8 Å². The summed E-state index contributed by atoms with van der Waals surface area (Å²) < 4.78 is 4.82. The standard InChI is InChI=1S/C7H16O4/c1-4(8)7(10)5(2)11-6(3)9/h4-10H,1-3H3/t4?,5?,6?,7-/m0/s1. The molecule has 0 aliphatic heterocycles. The molecule has 3 unspecified atom stereocenters. The quantitative estimate of drug-likeness (QED) is 0.489. The van der Waals surface area contributed by atoms with E-state index in [-0.39, 0.29) is 0 Å². The summed E-state index contributed by atoms with van der Waals surface area (Å²) in [6.07, 6.45) is -3.28. The van der Waals surface area contributed by atoms with Crippen molar-refractivity contribution in [3.63, 3.8) is 0 Å². The van der Waals surface area contributed by atoms with Crippen LogP contribution in [0.4, 0.5) is 0 Å². The molecule has 0 fully saturated rings. The summed E-state index contributed by atoms with van der Waals surface area (Å²) in [6, 6.07) is 0. The first-order valence-electron chi connectivity index (χ1n) is 3.64. The molecule has 0 heterocycles. The van der Waals surface area contributed by atoms with Crippen molar-refractivity contribution in [2.75, 3.05) is 0 Å².